The highest BCUT2D eigenvalue weighted by Crippen LogP contribution is 2.14. The molecule has 13 heteroatoms. The number of halogens is 2. The van der Waals surface area contributed by atoms with Crippen molar-refractivity contribution in [3.05, 3.63) is 84.2 Å². The standard InChI is InChI=1S/C24H26N2O.2ClHO4/c1-19-11-13-25(23-9-5-3-7-21(19)23)15-17-27-18-16-26-14-12-20(2)22-8-4-6-10-24(22)26;2*2-1(3,4)5/h3-14H,15-18H2,1-2H3;2*(H,2,3,4,5)/q+2;;/p-2. The Bertz CT molecular complexity index is 1180. The van der Waals surface area contributed by atoms with E-state index in [9.17, 15) is 0 Å². The fourth-order valence-electron chi connectivity index (χ4n) is 3.68. The molecule has 0 atom stereocenters. The second-order valence-corrected chi connectivity index (χ2v) is 9.30. The molecule has 4 aromatic rings. The van der Waals surface area contributed by atoms with Gasteiger partial charge in [-0.25, -0.2) is 37.3 Å². The largest absolute Gasteiger partial charge is 0.368 e. The van der Waals surface area contributed by atoms with Crippen molar-refractivity contribution < 1.29 is 71.6 Å². The van der Waals surface area contributed by atoms with Crippen LogP contribution < -0.4 is 46.4 Å². The van der Waals surface area contributed by atoms with Crippen molar-refractivity contribution in [1.82, 2.24) is 0 Å². The van der Waals surface area contributed by atoms with Gasteiger partial charge in [-0.2, -0.15) is 9.13 Å². The summed E-state index contributed by atoms with van der Waals surface area (Å²) < 4.78 is 78.5. The second kappa shape index (κ2) is 13.9. The lowest BCUT2D eigenvalue weighted by atomic mass is 10.1. The summed E-state index contributed by atoms with van der Waals surface area (Å²) in [4.78, 5) is 0. The van der Waals surface area contributed by atoms with Gasteiger partial charge < -0.3 is 4.74 Å². The Labute approximate surface area is 217 Å². The zero-order valence-corrected chi connectivity index (χ0v) is 21.6. The first-order valence-corrected chi connectivity index (χ1v) is 13.3. The van der Waals surface area contributed by atoms with Crippen LogP contribution in [0.2, 0.25) is 0 Å². The average molecular weight is 557 g/mol. The number of pyridine rings is 2. The van der Waals surface area contributed by atoms with Crippen molar-refractivity contribution in [1.29, 1.82) is 0 Å². The number of benzene rings is 2. The molecule has 2 heterocycles. The maximum absolute atomic E-state index is 8.49. The summed E-state index contributed by atoms with van der Waals surface area (Å²) in [6.07, 6.45) is 4.31. The number of fused-ring (bicyclic) bond motifs is 2. The molecule has 200 valence electrons. The van der Waals surface area contributed by atoms with Crippen LogP contribution in [0.3, 0.4) is 0 Å². The van der Waals surface area contributed by atoms with Gasteiger partial charge in [0.05, 0.1) is 0 Å². The van der Waals surface area contributed by atoms with Crippen molar-refractivity contribution in [3.8, 4) is 0 Å². The van der Waals surface area contributed by atoms with E-state index in [0.29, 0.717) is 13.2 Å². The van der Waals surface area contributed by atoms with Crippen molar-refractivity contribution >= 4 is 21.8 Å². The van der Waals surface area contributed by atoms with Crippen LogP contribution in [-0.2, 0) is 17.8 Å². The fourth-order valence-corrected chi connectivity index (χ4v) is 3.68. The Morgan fingerprint density at radius 1 is 0.568 bits per heavy atom. The van der Waals surface area contributed by atoms with E-state index in [1.165, 1.54) is 32.9 Å². The van der Waals surface area contributed by atoms with Crippen molar-refractivity contribution in [2.24, 2.45) is 0 Å². The third kappa shape index (κ3) is 11.6. The smallest absolute Gasteiger partial charge is 0.212 e. The predicted molar refractivity (Wildman–Crippen MR) is 109 cm³/mol. The molecule has 0 aliphatic heterocycles. The first-order valence-electron chi connectivity index (χ1n) is 10.8. The predicted octanol–water partition coefficient (Wildman–Crippen LogP) is -5.61. The average Bonchev–Trinajstić information content (AvgIpc) is 2.80. The first-order chi connectivity index (χ1) is 17.2. The van der Waals surface area contributed by atoms with Crippen molar-refractivity contribution in [2.75, 3.05) is 13.2 Å². The first kappa shape index (κ1) is 30.7. The zero-order valence-electron chi connectivity index (χ0n) is 20.1. The Morgan fingerprint density at radius 3 is 1.24 bits per heavy atom. The number of ether oxygens (including phenoxy) is 1. The van der Waals surface area contributed by atoms with E-state index in [1.54, 1.807) is 0 Å². The van der Waals surface area contributed by atoms with Gasteiger partial charge in [0.2, 0.25) is 11.0 Å². The van der Waals surface area contributed by atoms with Crippen molar-refractivity contribution in [3.63, 3.8) is 0 Å². The summed E-state index contributed by atoms with van der Waals surface area (Å²) in [7, 11) is -9.89. The molecule has 4 rings (SSSR count). The van der Waals surface area contributed by atoms with E-state index in [1.807, 2.05) is 0 Å². The Kier molecular flexibility index (Phi) is 11.5. The minimum Gasteiger partial charge on any atom is -0.368 e. The summed E-state index contributed by atoms with van der Waals surface area (Å²) in [6, 6.07) is 21.5. The molecule has 0 amide bonds. The highest BCUT2D eigenvalue weighted by Gasteiger charge is 2.12. The summed E-state index contributed by atoms with van der Waals surface area (Å²) in [5.41, 5.74) is 5.15. The van der Waals surface area contributed by atoms with E-state index in [2.05, 4.69) is 96.0 Å². The monoisotopic (exact) mass is 556 g/mol. The number of hydrogen-bond acceptors (Lipinski definition) is 9. The third-order valence-corrected chi connectivity index (χ3v) is 5.24. The summed E-state index contributed by atoms with van der Waals surface area (Å²) in [5.74, 6) is 0. The van der Waals surface area contributed by atoms with E-state index in [4.69, 9.17) is 42.0 Å². The van der Waals surface area contributed by atoms with Gasteiger partial charge in [-0.05, 0) is 37.1 Å². The van der Waals surface area contributed by atoms with Crippen LogP contribution in [0, 0.1) is 34.3 Å². The fraction of sp³-hybridized carbons (Fsp3) is 0.250. The highest BCUT2D eigenvalue weighted by molar-refractivity contribution is 5.79. The van der Waals surface area contributed by atoms with Crippen LogP contribution in [0.1, 0.15) is 11.1 Å². The summed E-state index contributed by atoms with van der Waals surface area (Å²) in [6.45, 7) is 7.46. The molecule has 0 fully saturated rings. The lowest BCUT2D eigenvalue weighted by Crippen LogP contribution is -2.68. The van der Waals surface area contributed by atoms with Gasteiger partial charge >= 0.3 is 0 Å². The van der Waals surface area contributed by atoms with Gasteiger partial charge in [-0.3, -0.25) is 0 Å². The molecular formula is C24H26Cl2N2O9. The molecule has 0 unspecified atom stereocenters. The molecule has 0 aliphatic carbocycles. The molecular weight excluding hydrogens is 531 g/mol. The van der Waals surface area contributed by atoms with E-state index >= 15 is 0 Å². The maximum atomic E-state index is 8.49. The molecule has 37 heavy (non-hydrogen) atoms. The van der Waals surface area contributed by atoms with Gasteiger partial charge in [-0.1, -0.05) is 24.3 Å². The molecule has 0 aliphatic rings. The number of hydrogen-bond donors (Lipinski definition) is 0. The third-order valence-electron chi connectivity index (χ3n) is 5.24. The molecule has 2 aromatic carbocycles. The van der Waals surface area contributed by atoms with Gasteiger partial charge in [0.15, 0.2) is 25.5 Å². The van der Waals surface area contributed by atoms with Crippen LogP contribution in [-0.4, -0.2) is 13.2 Å². The number of aryl methyl sites for hydroxylation is 2. The number of rotatable bonds is 6. The molecule has 11 nitrogen and oxygen atoms in total. The SMILES string of the molecule is Cc1cc[n+](CCOCC[n+]2ccc(C)c3ccccc32)c2ccccc12.[O-][Cl+3]([O-])([O-])[O-].[O-][Cl+3]([O-])([O-])[O-]. The topological polar surface area (TPSA) is 201 Å². The lowest BCUT2D eigenvalue weighted by Gasteiger charge is -2.17. The highest BCUT2D eigenvalue weighted by atomic mass is 35.7. The Hall–Kier alpha value is -2.52. The lowest BCUT2D eigenvalue weighted by molar-refractivity contribution is -2.00. The van der Waals surface area contributed by atoms with Crippen LogP contribution in [0.4, 0.5) is 0 Å². The normalized spacial score (nSPS) is 11.5. The van der Waals surface area contributed by atoms with E-state index in [0.717, 1.165) is 13.1 Å². The second-order valence-electron chi connectivity index (χ2n) is 7.79. The minimum absolute atomic E-state index is 0.710. The van der Waals surface area contributed by atoms with Crippen LogP contribution in [0.25, 0.3) is 21.8 Å². The molecule has 2 aromatic heterocycles. The molecule has 0 spiro atoms. The summed E-state index contributed by atoms with van der Waals surface area (Å²) in [5, 5.41) is 2.61. The molecule has 0 saturated carbocycles. The van der Waals surface area contributed by atoms with Crippen LogP contribution in [0.5, 0.6) is 0 Å². The quantitative estimate of drug-likeness (QED) is 0.164. The van der Waals surface area contributed by atoms with Crippen LogP contribution >= 0.6 is 0 Å². The number of nitrogens with zero attached hydrogens (tertiary/aromatic N) is 2. The molecule has 0 N–H and O–H groups in total. The molecule has 0 bridgehead atoms. The maximum Gasteiger partial charge on any atom is 0.212 e. The van der Waals surface area contributed by atoms with Crippen molar-refractivity contribution in [2.45, 2.75) is 26.9 Å². The molecule has 0 saturated heterocycles. The molecule has 0 radical (unpaired) electrons. The van der Waals surface area contributed by atoms with E-state index in [-0.39, 0.29) is 0 Å². The Balaban J connectivity index is 0.000000412. The summed E-state index contributed by atoms with van der Waals surface area (Å²) >= 11 is 0. The zero-order chi connectivity index (χ0) is 27.6. The number of para-hydroxylation sites is 2. The van der Waals surface area contributed by atoms with Gasteiger partial charge in [0, 0.05) is 35.0 Å². The minimum atomic E-state index is -4.94. The number of aromatic nitrogens is 2. The van der Waals surface area contributed by atoms with Gasteiger partial charge in [-0.15, -0.1) is 20.5 Å². The Morgan fingerprint density at radius 2 is 0.892 bits per heavy atom. The van der Waals surface area contributed by atoms with E-state index < -0.39 is 20.5 Å². The van der Waals surface area contributed by atoms with Crippen LogP contribution in [0.15, 0.2) is 73.1 Å². The van der Waals surface area contributed by atoms with Gasteiger partial charge in [0.1, 0.15) is 13.2 Å². The van der Waals surface area contributed by atoms with Gasteiger partial charge in [0.25, 0.3) is 0 Å².